The first-order valence-corrected chi connectivity index (χ1v) is 6.07. The van der Waals surface area contributed by atoms with Gasteiger partial charge in [-0.15, -0.1) is 0 Å². The van der Waals surface area contributed by atoms with Crippen LogP contribution in [-0.4, -0.2) is 20.4 Å². The molecule has 0 fully saturated rings. The molecule has 0 atom stereocenters. The smallest absolute Gasteiger partial charge is 0.269 e. The van der Waals surface area contributed by atoms with Crippen molar-refractivity contribution in [1.82, 2.24) is 14.5 Å². The van der Waals surface area contributed by atoms with Crippen LogP contribution in [0.5, 0.6) is 0 Å². The lowest BCUT2D eigenvalue weighted by Crippen LogP contribution is -2.17. The molecule has 5 heteroatoms. The average molecular weight is 242 g/mol. The van der Waals surface area contributed by atoms with E-state index < -0.39 is 5.91 Å². The van der Waals surface area contributed by atoms with E-state index in [1.54, 1.807) is 12.4 Å². The number of amides is 1. The number of carbonyl (C=O) groups is 1. The van der Waals surface area contributed by atoms with E-state index in [9.17, 15) is 4.79 Å². The Labute approximate surface area is 105 Å². The van der Waals surface area contributed by atoms with Gasteiger partial charge in [0.1, 0.15) is 11.5 Å². The van der Waals surface area contributed by atoms with Gasteiger partial charge in [-0.3, -0.25) is 9.78 Å². The molecule has 0 unspecified atom stereocenters. The summed E-state index contributed by atoms with van der Waals surface area (Å²) >= 11 is 0. The first-order chi connectivity index (χ1) is 8.77. The highest BCUT2D eigenvalue weighted by molar-refractivity contribution is 5.93. The topological polar surface area (TPSA) is 73.8 Å². The normalized spacial score (nSPS) is 14.2. The minimum Gasteiger partial charge on any atom is -0.364 e. The number of rotatable bonds is 2. The molecular formula is C13H14N4O. The standard InChI is InChI=1S/C13H14N4O/c14-12(18)11-10-3-1-2-8-17(10)13(16-11)9-4-6-15-7-5-9/h4-7H,1-3,8H2,(H2,14,18). The Morgan fingerprint density at radius 1 is 1.28 bits per heavy atom. The molecule has 2 aromatic rings. The van der Waals surface area contributed by atoms with Crippen molar-refractivity contribution < 1.29 is 4.79 Å². The Balaban J connectivity index is 2.18. The summed E-state index contributed by atoms with van der Waals surface area (Å²) in [5.41, 5.74) is 7.77. The van der Waals surface area contributed by atoms with E-state index in [-0.39, 0.29) is 0 Å². The molecule has 2 N–H and O–H groups in total. The van der Waals surface area contributed by atoms with Crippen LogP contribution >= 0.6 is 0 Å². The zero-order chi connectivity index (χ0) is 12.5. The second kappa shape index (κ2) is 4.25. The Morgan fingerprint density at radius 3 is 2.78 bits per heavy atom. The van der Waals surface area contributed by atoms with Crippen LogP contribution in [0.1, 0.15) is 29.0 Å². The Kier molecular flexibility index (Phi) is 2.59. The SMILES string of the molecule is NC(=O)c1nc(-c2ccncc2)n2c1CCCC2. The molecule has 18 heavy (non-hydrogen) atoms. The molecule has 0 bridgehead atoms. The summed E-state index contributed by atoms with van der Waals surface area (Å²) in [6, 6.07) is 3.80. The number of carbonyl (C=O) groups excluding carboxylic acids is 1. The van der Waals surface area contributed by atoms with Crippen LogP contribution in [0.15, 0.2) is 24.5 Å². The van der Waals surface area contributed by atoms with Crippen LogP contribution in [0.4, 0.5) is 0 Å². The number of aromatic nitrogens is 3. The van der Waals surface area contributed by atoms with Gasteiger partial charge in [0.2, 0.25) is 0 Å². The van der Waals surface area contributed by atoms with E-state index in [1.165, 1.54) is 0 Å². The van der Waals surface area contributed by atoms with Crippen molar-refractivity contribution in [2.24, 2.45) is 5.73 Å². The molecule has 0 aliphatic carbocycles. The maximum atomic E-state index is 11.5. The molecule has 0 spiro atoms. The number of imidazole rings is 1. The highest BCUT2D eigenvalue weighted by Gasteiger charge is 2.23. The predicted molar refractivity (Wildman–Crippen MR) is 66.9 cm³/mol. The molecule has 1 amide bonds. The van der Waals surface area contributed by atoms with Gasteiger partial charge in [-0.2, -0.15) is 0 Å². The lowest BCUT2D eigenvalue weighted by molar-refractivity contribution is 0.0994. The molecule has 0 aromatic carbocycles. The molecule has 1 aliphatic rings. The van der Waals surface area contributed by atoms with Crippen molar-refractivity contribution in [2.45, 2.75) is 25.8 Å². The fraction of sp³-hybridized carbons (Fsp3) is 0.308. The van der Waals surface area contributed by atoms with Crippen LogP contribution in [0.3, 0.4) is 0 Å². The molecule has 5 nitrogen and oxygen atoms in total. The van der Waals surface area contributed by atoms with Crippen LogP contribution < -0.4 is 5.73 Å². The van der Waals surface area contributed by atoms with Gasteiger partial charge in [0.15, 0.2) is 0 Å². The fourth-order valence-corrected chi connectivity index (χ4v) is 2.46. The molecular weight excluding hydrogens is 228 g/mol. The highest BCUT2D eigenvalue weighted by atomic mass is 16.1. The van der Waals surface area contributed by atoms with Gasteiger partial charge in [0.05, 0.1) is 5.69 Å². The van der Waals surface area contributed by atoms with E-state index in [0.29, 0.717) is 5.69 Å². The van der Waals surface area contributed by atoms with Gasteiger partial charge in [-0.05, 0) is 31.4 Å². The number of hydrogen-bond donors (Lipinski definition) is 1. The van der Waals surface area contributed by atoms with Gasteiger partial charge in [0, 0.05) is 24.5 Å². The zero-order valence-corrected chi connectivity index (χ0v) is 9.97. The monoisotopic (exact) mass is 242 g/mol. The van der Waals surface area contributed by atoms with E-state index in [0.717, 1.165) is 42.9 Å². The maximum Gasteiger partial charge on any atom is 0.269 e. The molecule has 3 heterocycles. The van der Waals surface area contributed by atoms with Gasteiger partial charge < -0.3 is 10.3 Å². The molecule has 1 aliphatic heterocycles. The number of hydrogen-bond acceptors (Lipinski definition) is 3. The van der Waals surface area contributed by atoms with E-state index in [4.69, 9.17) is 5.73 Å². The molecule has 2 aromatic heterocycles. The molecule has 0 radical (unpaired) electrons. The average Bonchev–Trinajstić information content (AvgIpc) is 2.79. The summed E-state index contributed by atoms with van der Waals surface area (Å²) in [5, 5.41) is 0. The largest absolute Gasteiger partial charge is 0.364 e. The lowest BCUT2D eigenvalue weighted by atomic mass is 10.1. The third kappa shape index (κ3) is 1.68. The zero-order valence-electron chi connectivity index (χ0n) is 9.97. The summed E-state index contributed by atoms with van der Waals surface area (Å²) < 4.78 is 2.11. The summed E-state index contributed by atoms with van der Waals surface area (Å²) in [6.07, 6.45) is 6.52. The van der Waals surface area contributed by atoms with E-state index in [1.807, 2.05) is 12.1 Å². The number of primary amides is 1. The first-order valence-electron chi connectivity index (χ1n) is 6.07. The molecule has 0 saturated heterocycles. The van der Waals surface area contributed by atoms with Crippen molar-refractivity contribution in [3.8, 4) is 11.4 Å². The van der Waals surface area contributed by atoms with Crippen molar-refractivity contribution in [2.75, 3.05) is 0 Å². The highest BCUT2D eigenvalue weighted by Crippen LogP contribution is 2.26. The molecule has 92 valence electrons. The van der Waals surface area contributed by atoms with Crippen LogP contribution in [0.2, 0.25) is 0 Å². The molecule has 3 rings (SSSR count). The molecule has 0 saturated carbocycles. The van der Waals surface area contributed by atoms with Gasteiger partial charge >= 0.3 is 0 Å². The van der Waals surface area contributed by atoms with E-state index in [2.05, 4.69) is 14.5 Å². The summed E-state index contributed by atoms with van der Waals surface area (Å²) in [4.78, 5) is 19.9. The fourth-order valence-electron chi connectivity index (χ4n) is 2.46. The Bertz CT molecular complexity index is 589. The third-order valence-corrected chi connectivity index (χ3v) is 3.29. The minimum atomic E-state index is -0.444. The Hall–Kier alpha value is -2.17. The predicted octanol–water partition coefficient (Wildman–Crippen LogP) is 1.38. The second-order valence-corrected chi connectivity index (χ2v) is 4.44. The maximum absolute atomic E-state index is 11.5. The summed E-state index contributed by atoms with van der Waals surface area (Å²) in [7, 11) is 0. The second-order valence-electron chi connectivity index (χ2n) is 4.44. The Morgan fingerprint density at radius 2 is 2.06 bits per heavy atom. The quantitative estimate of drug-likeness (QED) is 0.864. The van der Waals surface area contributed by atoms with Crippen LogP contribution in [0.25, 0.3) is 11.4 Å². The van der Waals surface area contributed by atoms with Crippen molar-refractivity contribution in [3.63, 3.8) is 0 Å². The number of fused-ring (bicyclic) bond motifs is 1. The number of nitrogens with two attached hydrogens (primary N) is 1. The lowest BCUT2D eigenvalue weighted by Gasteiger charge is -2.16. The number of pyridine rings is 1. The van der Waals surface area contributed by atoms with Crippen LogP contribution in [-0.2, 0) is 13.0 Å². The van der Waals surface area contributed by atoms with Crippen molar-refractivity contribution >= 4 is 5.91 Å². The van der Waals surface area contributed by atoms with Crippen LogP contribution in [0, 0.1) is 0 Å². The summed E-state index contributed by atoms with van der Waals surface area (Å²) in [5.74, 6) is 0.377. The van der Waals surface area contributed by atoms with Gasteiger partial charge in [-0.25, -0.2) is 4.98 Å². The van der Waals surface area contributed by atoms with Gasteiger partial charge in [-0.1, -0.05) is 0 Å². The summed E-state index contributed by atoms with van der Waals surface area (Å²) in [6.45, 7) is 0.896. The third-order valence-electron chi connectivity index (χ3n) is 3.29. The van der Waals surface area contributed by atoms with Crippen molar-refractivity contribution in [1.29, 1.82) is 0 Å². The first kappa shape index (κ1) is 11.0. The van der Waals surface area contributed by atoms with Crippen molar-refractivity contribution in [3.05, 3.63) is 35.9 Å². The van der Waals surface area contributed by atoms with Gasteiger partial charge in [0.25, 0.3) is 5.91 Å². The van der Waals surface area contributed by atoms with E-state index >= 15 is 0 Å². The minimum absolute atomic E-state index is 0.418. The number of nitrogens with zero attached hydrogens (tertiary/aromatic N) is 3.